The molecule has 0 saturated heterocycles. The molecule has 0 atom stereocenters. The van der Waals surface area contributed by atoms with Crippen LogP contribution in [0, 0.1) is 6.92 Å². The van der Waals surface area contributed by atoms with Crippen LogP contribution in [-0.2, 0) is 16.0 Å². The molecule has 0 unspecified atom stereocenters. The molecule has 2 N–H and O–H groups in total. The van der Waals surface area contributed by atoms with Crippen LogP contribution in [0.4, 0.5) is 0 Å². The van der Waals surface area contributed by atoms with Crippen molar-refractivity contribution in [3.05, 3.63) is 63.5 Å². The van der Waals surface area contributed by atoms with E-state index in [1.807, 2.05) is 32.0 Å². The highest BCUT2D eigenvalue weighted by atomic mass is 32.1. The Hall–Kier alpha value is -3.26. The highest BCUT2D eigenvalue weighted by Gasteiger charge is 2.19. The van der Waals surface area contributed by atoms with E-state index in [9.17, 15) is 14.4 Å². The van der Waals surface area contributed by atoms with Crippen molar-refractivity contribution in [2.24, 2.45) is 0 Å². The summed E-state index contributed by atoms with van der Waals surface area (Å²) in [5.41, 5.74) is 7.15. The minimum Gasteiger partial charge on any atom is -0.452 e. The number of thiophene rings is 1. The second kappa shape index (κ2) is 8.62. The van der Waals surface area contributed by atoms with E-state index in [2.05, 4.69) is 15.8 Å². The fourth-order valence-electron chi connectivity index (χ4n) is 2.80. The molecule has 0 bridgehead atoms. The fourth-order valence-corrected chi connectivity index (χ4v) is 3.42. The first-order valence-corrected chi connectivity index (χ1v) is 9.57. The molecule has 2 amide bonds. The number of pyridine rings is 1. The molecule has 2 aromatic heterocycles. The number of aryl methyl sites for hydroxylation is 1. The lowest BCUT2D eigenvalue weighted by molar-refractivity contribution is -0.125. The Morgan fingerprint density at radius 1 is 1.11 bits per heavy atom. The summed E-state index contributed by atoms with van der Waals surface area (Å²) in [6.45, 7) is 3.26. The van der Waals surface area contributed by atoms with Crippen LogP contribution in [0.15, 0.2) is 41.8 Å². The second-order valence-electron chi connectivity index (χ2n) is 5.98. The number of rotatable bonds is 5. The molecule has 3 aromatic rings. The molecule has 144 valence electrons. The molecule has 0 aliphatic rings. The number of fused-ring (bicyclic) bond motifs is 1. The first-order chi connectivity index (χ1) is 13.5. The minimum atomic E-state index is -0.634. The van der Waals surface area contributed by atoms with E-state index in [4.69, 9.17) is 4.74 Å². The molecule has 0 spiro atoms. The summed E-state index contributed by atoms with van der Waals surface area (Å²) < 4.78 is 5.17. The van der Waals surface area contributed by atoms with Gasteiger partial charge in [0.05, 0.1) is 16.0 Å². The van der Waals surface area contributed by atoms with E-state index in [-0.39, 0.29) is 0 Å². The number of para-hydroxylation sites is 1. The number of hydrazine groups is 1. The summed E-state index contributed by atoms with van der Waals surface area (Å²) in [5, 5.41) is 2.43. The lowest BCUT2D eigenvalue weighted by atomic mass is 10.0. The van der Waals surface area contributed by atoms with Gasteiger partial charge in [-0.15, -0.1) is 11.3 Å². The topological polar surface area (TPSA) is 97.4 Å². The molecule has 3 rings (SSSR count). The van der Waals surface area contributed by atoms with Crippen molar-refractivity contribution >= 4 is 40.0 Å². The number of hydrogen-bond acceptors (Lipinski definition) is 6. The number of esters is 1. The number of aromatic nitrogens is 1. The van der Waals surface area contributed by atoms with E-state index >= 15 is 0 Å². The van der Waals surface area contributed by atoms with Crippen LogP contribution in [0.3, 0.4) is 0 Å². The SMILES string of the molecule is CCc1nc2ccccc2c(C(=O)OCC(=O)NNC(=O)c2cccs2)c1C. The summed E-state index contributed by atoms with van der Waals surface area (Å²) in [4.78, 5) is 41.4. The summed E-state index contributed by atoms with van der Waals surface area (Å²) >= 11 is 1.25. The van der Waals surface area contributed by atoms with Gasteiger partial charge in [-0.2, -0.15) is 0 Å². The Labute approximate surface area is 165 Å². The largest absolute Gasteiger partial charge is 0.452 e. The zero-order valence-electron chi connectivity index (χ0n) is 15.4. The van der Waals surface area contributed by atoms with Crippen LogP contribution in [0.25, 0.3) is 10.9 Å². The smallest absolute Gasteiger partial charge is 0.339 e. The molecule has 8 heteroatoms. The molecule has 28 heavy (non-hydrogen) atoms. The molecule has 0 fully saturated rings. The average molecular weight is 397 g/mol. The third kappa shape index (κ3) is 4.17. The van der Waals surface area contributed by atoms with Gasteiger partial charge in [0.1, 0.15) is 0 Å². The Morgan fingerprint density at radius 2 is 1.89 bits per heavy atom. The molecule has 0 aliphatic carbocycles. The molecule has 2 heterocycles. The number of nitrogens with zero attached hydrogens (tertiary/aromatic N) is 1. The zero-order chi connectivity index (χ0) is 20.1. The van der Waals surface area contributed by atoms with Gasteiger partial charge in [-0.1, -0.05) is 31.2 Å². The van der Waals surface area contributed by atoms with Crippen LogP contribution < -0.4 is 10.9 Å². The highest BCUT2D eigenvalue weighted by molar-refractivity contribution is 7.12. The quantitative estimate of drug-likeness (QED) is 0.510. The molecule has 0 radical (unpaired) electrons. The molecule has 0 aliphatic heterocycles. The Morgan fingerprint density at radius 3 is 2.61 bits per heavy atom. The van der Waals surface area contributed by atoms with Gasteiger partial charge >= 0.3 is 5.97 Å². The second-order valence-corrected chi connectivity index (χ2v) is 6.93. The van der Waals surface area contributed by atoms with Crippen molar-refractivity contribution in [3.8, 4) is 0 Å². The first kappa shape index (κ1) is 19.5. The molecular formula is C20H19N3O4S. The van der Waals surface area contributed by atoms with Gasteiger partial charge in [0, 0.05) is 11.1 Å². The summed E-state index contributed by atoms with van der Waals surface area (Å²) in [5.74, 6) is -1.67. The lowest BCUT2D eigenvalue weighted by Gasteiger charge is -2.13. The van der Waals surface area contributed by atoms with Crippen molar-refractivity contribution in [1.29, 1.82) is 0 Å². The maximum absolute atomic E-state index is 12.7. The number of carbonyl (C=O) groups excluding carboxylic acids is 3. The van der Waals surface area contributed by atoms with Crippen molar-refractivity contribution in [2.45, 2.75) is 20.3 Å². The number of amides is 2. The van der Waals surface area contributed by atoms with Gasteiger partial charge in [0.15, 0.2) is 6.61 Å². The summed E-state index contributed by atoms with van der Waals surface area (Å²) in [6.07, 6.45) is 0.673. The zero-order valence-corrected chi connectivity index (χ0v) is 16.3. The Kier molecular flexibility index (Phi) is 6.00. The van der Waals surface area contributed by atoms with Crippen LogP contribution in [0.1, 0.15) is 38.2 Å². The fraction of sp³-hybridized carbons (Fsp3) is 0.200. The normalized spacial score (nSPS) is 10.5. The standard InChI is InChI=1S/C20H19N3O4S/c1-3-14-12(2)18(13-7-4-5-8-15(13)21-14)20(26)27-11-17(24)22-23-19(25)16-9-6-10-28-16/h4-10H,3,11H2,1-2H3,(H,22,24)(H,23,25). The Bertz CT molecular complexity index is 1030. The number of hydrogen-bond donors (Lipinski definition) is 2. The molecule has 7 nitrogen and oxygen atoms in total. The van der Waals surface area contributed by atoms with E-state index < -0.39 is 24.4 Å². The predicted octanol–water partition coefficient (Wildman–Crippen LogP) is 2.79. The summed E-state index contributed by atoms with van der Waals surface area (Å²) in [7, 11) is 0. The average Bonchev–Trinajstić information content (AvgIpc) is 3.24. The van der Waals surface area contributed by atoms with Crippen LogP contribution in [0.2, 0.25) is 0 Å². The molecule has 1 aromatic carbocycles. The van der Waals surface area contributed by atoms with Crippen molar-refractivity contribution in [3.63, 3.8) is 0 Å². The minimum absolute atomic E-state index is 0.401. The summed E-state index contributed by atoms with van der Waals surface area (Å²) in [6, 6.07) is 10.7. The van der Waals surface area contributed by atoms with Crippen molar-refractivity contribution in [1.82, 2.24) is 15.8 Å². The van der Waals surface area contributed by atoms with Crippen LogP contribution in [-0.4, -0.2) is 29.4 Å². The van der Waals surface area contributed by atoms with Gasteiger partial charge in [-0.3, -0.25) is 25.4 Å². The van der Waals surface area contributed by atoms with Gasteiger partial charge in [-0.25, -0.2) is 4.79 Å². The van der Waals surface area contributed by atoms with Crippen molar-refractivity contribution in [2.75, 3.05) is 6.61 Å². The number of benzene rings is 1. The van der Waals surface area contributed by atoms with Crippen LogP contribution in [0.5, 0.6) is 0 Å². The monoisotopic (exact) mass is 397 g/mol. The van der Waals surface area contributed by atoms with Gasteiger partial charge in [-0.05, 0) is 36.4 Å². The van der Waals surface area contributed by atoms with E-state index in [1.54, 1.807) is 23.6 Å². The maximum Gasteiger partial charge on any atom is 0.339 e. The lowest BCUT2D eigenvalue weighted by Crippen LogP contribution is -2.43. The molecule has 0 saturated carbocycles. The Balaban J connectivity index is 1.67. The predicted molar refractivity (Wildman–Crippen MR) is 106 cm³/mol. The highest BCUT2D eigenvalue weighted by Crippen LogP contribution is 2.24. The van der Waals surface area contributed by atoms with Gasteiger partial charge < -0.3 is 4.74 Å². The number of carbonyl (C=O) groups is 3. The van der Waals surface area contributed by atoms with Gasteiger partial charge in [0.25, 0.3) is 11.8 Å². The third-order valence-corrected chi connectivity index (χ3v) is 5.04. The van der Waals surface area contributed by atoms with E-state index in [0.29, 0.717) is 27.8 Å². The molecular weight excluding hydrogens is 378 g/mol. The number of ether oxygens (including phenoxy) is 1. The third-order valence-electron chi connectivity index (χ3n) is 4.17. The first-order valence-electron chi connectivity index (χ1n) is 8.69. The maximum atomic E-state index is 12.7. The van der Waals surface area contributed by atoms with E-state index in [0.717, 1.165) is 11.3 Å². The van der Waals surface area contributed by atoms with Gasteiger partial charge in [0.2, 0.25) is 0 Å². The number of nitrogens with one attached hydrogen (secondary N) is 2. The van der Waals surface area contributed by atoms with E-state index in [1.165, 1.54) is 11.3 Å². The van der Waals surface area contributed by atoms with Crippen LogP contribution >= 0.6 is 11.3 Å². The van der Waals surface area contributed by atoms with Crippen molar-refractivity contribution < 1.29 is 19.1 Å².